The van der Waals surface area contributed by atoms with Crippen molar-refractivity contribution in [3.05, 3.63) is 29.5 Å². The molecule has 0 radical (unpaired) electrons. The van der Waals surface area contributed by atoms with Crippen molar-refractivity contribution in [2.45, 2.75) is 13.8 Å². The lowest BCUT2D eigenvalue weighted by atomic mass is 10.1. The van der Waals surface area contributed by atoms with Gasteiger partial charge < -0.3 is 13.9 Å². The Morgan fingerprint density at radius 3 is 2.76 bits per heavy atom. The Morgan fingerprint density at radius 2 is 2.12 bits per heavy atom. The van der Waals surface area contributed by atoms with Crippen molar-refractivity contribution in [1.82, 2.24) is 0 Å². The van der Waals surface area contributed by atoms with E-state index < -0.39 is 5.97 Å². The van der Waals surface area contributed by atoms with Gasteiger partial charge in [0, 0.05) is 6.07 Å². The Kier molecular flexibility index (Phi) is 3.04. The van der Waals surface area contributed by atoms with Crippen molar-refractivity contribution < 1.29 is 18.7 Å². The van der Waals surface area contributed by atoms with Gasteiger partial charge in [-0.15, -0.1) is 0 Å². The van der Waals surface area contributed by atoms with Gasteiger partial charge in [-0.25, -0.2) is 4.79 Å². The molecule has 0 amide bonds. The predicted molar refractivity (Wildman–Crippen MR) is 63.5 cm³/mol. The number of aryl methyl sites for hydroxylation is 1. The molecule has 0 atom stereocenters. The molecule has 2 aromatic rings. The molecule has 4 heteroatoms. The fourth-order valence-corrected chi connectivity index (χ4v) is 1.71. The Labute approximate surface area is 99.1 Å². The van der Waals surface area contributed by atoms with Crippen molar-refractivity contribution in [2.75, 3.05) is 13.7 Å². The Balaban J connectivity index is 2.53. The summed E-state index contributed by atoms with van der Waals surface area (Å²) in [4.78, 5) is 11.5. The Hall–Kier alpha value is -1.97. The van der Waals surface area contributed by atoms with Crippen LogP contribution in [0.4, 0.5) is 0 Å². The summed E-state index contributed by atoms with van der Waals surface area (Å²) in [7, 11) is 1.59. The Morgan fingerprint density at radius 1 is 1.35 bits per heavy atom. The lowest BCUT2D eigenvalue weighted by Crippen LogP contribution is -2.02. The van der Waals surface area contributed by atoms with Crippen LogP contribution in [0.3, 0.4) is 0 Å². The minimum absolute atomic E-state index is 0.200. The lowest BCUT2D eigenvalue weighted by molar-refractivity contribution is 0.0492. The molecule has 0 N–H and O–H groups in total. The van der Waals surface area contributed by atoms with E-state index in [0.29, 0.717) is 17.9 Å². The van der Waals surface area contributed by atoms with Gasteiger partial charge in [-0.1, -0.05) is 0 Å². The second-order valence-electron chi connectivity index (χ2n) is 3.71. The number of furan rings is 1. The normalized spacial score (nSPS) is 10.5. The SMILES string of the molecule is CCOC(=O)c1cc2c(OC)cc(C)cc2o1. The van der Waals surface area contributed by atoms with Crippen LogP contribution < -0.4 is 4.74 Å². The van der Waals surface area contributed by atoms with Crippen LogP contribution in [0, 0.1) is 6.92 Å². The maximum Gasteiger partial charge on any atom is 0.374 e. The highest BCUT2D eigenvalue weighted by Crippen LogP contribution is 2.30. The first kappa shape index (κ1) is 11.5. The summed E-state index contributed by atoms with van der Waals surface area (Å²) in [6, 6.07) is 5.40. The van der Waals surface area contributed by atoms with Crippen LogP contribution in [0.25, 0.3) is 11.0 Å². The number of ether oxygens (including phenoxy) is 2. The number of methoxy groups -OCH3 is 1. The monoisotopic (exact) mass is 234 g/mol. The minimum Gasteiger partial charge on any atom is -0.496 e. The summed E-state index contributed by atoms with van der Waals surface area (Å²) in [6.07, 6.45) is 0. The van der Waals surface area contributed by atoms with Crippen LogP contribution in [-0.4, -0.2) is 19.7 Å². The molecule has 1 aromatic carbocycles. The van der Waals surface area contributed by atoms with E-state index in [0.717, 1.165) is 10.9 Å². The van der Waals surface area contributed by atoms with Gasteiger partial charge in [-0.2, -0.15) is 0 Å². The van der Waals surface area contributed by atoms with Crippen LogP contribution in [0.5, 0.6) is 5.75 Å². The first-order valence-corrected chi connectivity index (χ1v) is 5.41. The molecular weight excluding hydrogens is 220 g/mol. The van der Waals surface area contributed by atoms with E-state index in [1.165, 1.54) is 0 Å². The molecule has 0 bridgehead atoms. The number of benzene rings is 1. The highest BCUT2D eigenvalue weighted by molar-refractivity contribution is 5.95. The maximum absolute atomic E-state index is 11.5. The van der Waals surface area contributed by atoms with E-state index in [4.69, 9.17) is 13.9 Å². The standard InChI is InChI=1S/C13H14O4/c1-4-16-13(14)12-7-9-10(15-3)5-8(2)6-11(9)17-12/h5-7H,4H2,1-3H3. The van der Waals surface area contributed by atoms with Gasteiger partial charge in [0.2, 0.25) is 5.76 Å². The quantitative estimate of drug-likeness (QED) is 0.766. The second kappa shape index (κ2) is 4.49. The number of rotatable bonds is 3. The van der Waals surface area contributed by atoms with Gasteiger partial charge in [0.1, 0.15) is 11.3 Å². The molecule has 1 heterocycles. The summed E-state index contributed by atoms with van der Waals surface area (Å²) in [5.74, 6) is 0.438. The third kappa shape index (κ3) is 2.11. The predicted octanol–water partition coefficient (Wildman–Crippen LogP) is 2.93. The van der Waals surface area contributed by atoms with E-state index in [2.05, 4.69) is 0 Å². The molecule has 4 nitrogen and oxygen atoms in total. The number of carbonyl (C=O) groups excluding carboxylic acids is 1. The smallest absolute Gasteiger partial charge is 0.374 e. The summed E-state index contributed by atoms with van der Waals surface area (Å²) in [6.45, 7) is 4.02. The summed E-state index contributed by atoms with van der Waals surface area (Å²) in [5.41, 5.74) is 1.64. The molecule has 0 saturated carbocycles. The number of hydrogen-bond acceptors (Lipinski definition) is 4. The molecule has 90 valence electrons. The first-order chi connectivity index (χ1) is 8.15. The van der Waals surface area contributed by atoms with Gasteiger partial charge >= 0.3 is 5.97 Å². The molecule has 2 rings (SSSR count). The van der Waals surface area contributed by atoms with E-state index in [1.807, 2.05) is 19.1 Å². The summed E-state index contributed by atoms with van der Waals surface area (Å²) in [5, 5.41) is 0.779. The van der Waals surface area contributed by atoms with Crippen molar-refractivity contribution in [3.8, 4) is 5.75 Å². The molecular formula is C13H14O4. The van der Waals surface area contributed by atoms with Crippen molar-refractivity contribution in [1.29, 1.82) is 0 Å². The van der Waals surface area contributed by atoms with Crippen molar-refractivity contribution in [2.24, 2.45) is 0 Å². The molecule has 0 aliphatic rings. The number of fused-ring (bicyclic) bond motifs is 1. The van der Waals surface area contributed by atoms with E-state index in [9.17, 15) is 4.79 Å². The minimum atomic E-state index is -0.455. The van der Waals surface area contributed by atoms with Gasteiger partial charge in [0.15, 0.2) is 0 Å². The van der Waals surface area contributed by atoms with Gasteiger partial charge in [0.25, 0.3) is 0 Å². The van der Waals surface area contributed by atoms with E-state index in [-0.39, 0.29) is 5.76 Å². The van der Waals surface area contributed by atoms with Crippen LogP contribution >= 0.6 is 0 Å². The molecule has 1 aromatic heterocycles. The maximum atomic E-state index is 11.5. The first-order valence-electron chi connectivity index (χ1n) is 5.41. The number of carbonyl (C=O) groups is 1. The van der Waals surface area contributed by atoms with Crippen LogP contribution in [0.1, 0.15) is 23.0 Å². The van der Waals surface area contributed by atoms with E-state index >= 15 is 0 Å². The number of hydrogen-bond donors (Lipinski definition) is 0. The highest BCUT2D eigenvalue weighted by atomic mass is 16.5. The summed E-state index contributed by atoms with van der Waals surface area (Å²) < 4.78 is 15.6. The zero-order valence-electron chi connectivity index (χ0n) is 10.1. The molecule has 0 spiro atoms. The molecule has 0 fully saturated rings. The van der Waals surface area contributed by atoms with Gasteiger partial charge in [-0.3, -0.25) is 0 Å². The van der Waals surface area contributed by atoms with Gasteiger partial charge in [-0.05, 0) is 31.5 Å². The van der Waals surface area contributed by atoms with Crippen LogP contribution in [0.15, 0.2) is 22.6 Å². The third-order valence-electron chi connectivity index (χ3n) is 2.44. The zero-order valence-corrected chi connectivity index (χ0v) is 10.1. The fourth-order valence-electron chi connectivity index (χ4n) is 1.71. The Bertz CT molecular complexity index is 554. The topological polar surface area (TPSA) is 48.7 Å². The summed E-state index contributed by atoms with van der Waals surface area (Å²) >= 11 is 0. The zero-order chi connectivity index (χ0) is 12.4. The molecule has 0 aliphatic heterocycles. The largest absolute Gasteiger partial charge is 0.496 e. The second-order valence-corrected chi connectivity index (χ2v) is 3.71. The molecule has 0 unspecified atom stereocenters. The van der Waals surface area contributed by atoms with Crippen molar-refractivity contribution in [3.63, 3.8) is 0 Å². The third-order valence-corrected chi connectivity index (χ3v) is 2.44. The fraction of sp³-hybridized carbons (Fsp3) is 0.308. The molecule has 17 heavy (non-hydrogen) atoms. The van der Waals surface area contributed by atoms with Crippen LogP contribution in [-0.2, 0) is 4.74 Å². The van der Waals surface area contributed by atoms with Crippen molar-refractivity contribution >= 4 is 16.9 Å². The highest BCUT2D eigenvalue weighted by Gasteiger charge is 2.15. The van der Waals surface area contributed by atoms with E-state index in [1.54, 1.807) is 20.1 Å². The average Bonchev–Trinajstić information content (AvgIpc) is 2.71. The number of esters is 1. The van der Waals surface area contributed by atoms with Gasteiger partial charge in [0.05, 0.1) is 19.1 Å². The lowest BCUT2D eigenvalue weighted by Gasteiger charge is -2.01. The average molecular weight is 234 g/mol. The molecule has 0 aliphatic carbocycles. The van der Waals surface area contributed by atoms with Crippen LogP contribution in [0.2, 0.25) is 0 Å². The molecule has 0 saturated heterocycles.